The van der Waals surface area contributed by atoms with Crippen LogP contribution in [-0.2, 0) is 36.6 Å². The summed E-state index contributed by atoms with van der Waals surface area (Å²) in [5, 5.41) is 12.3. The number of hydrogen-bond donors (Lipinski definition) is 5. The highest BCUT2D eigenvalue weighted by atomic mass is 32.2. The van der Waals surface area contributed by atoms with Crippen molar-refractivity contribution in [2.75, 3.05) is 20.2 Å². The zero-order valence-electron chi connectivity index (χ0n) is 17.9. The molecule has 0 spiro atoms. The quantitative estimate of drug-likeness (QED) is 0.167. The van der Waals surface area contributed by atoms with Gasteiger partial charge in [0.05, 0.1) is 31.5 Å². The Morgan fingerprint density at radius 2 is 1.42 bits per heavy atom. The zero-order chi connectivity index (χ0) is 24.4. The molecule has 0 radical (unpaired) electrons. The lowest BCUT2D eigenvalue weighted by atomic mass is 10.1. The van der Waals surface area contributed by atoms with Gasteiger partial charge < -0.3 is 21.1 Å². The average molecular weight is 476 g/mol. The number of carbonyl (C=O) groups is 3. The molecule has 0 unspecified atom stereocenters. The summed E-state index contributed by atoms with van der Waals surface area (Å²) >= 11 is 0. The average Bonchev–Trinajstić information content (AvgIpc) is 2.80. The molecule has 0 aromatic heterocycles. The van der Waals surface area contributed by atoms with Crippen LogP contribution in [0.25, 0.3) is 0 Å². The number of nitrogen functional groups attached to an aromatic ring is 1. The molecule has 6 N–H and O–H groups in total. The molecule has 0 saturated heterocycles. The van der Waals surface area contributed by atoms with Crippen LogP contribution in [0.2, 0.25) is 0 Å². The highest BCUT2D eigenvalue weighted by Crippen LogP contribution is 2.09. The van der Waals surface area contributed by atoms with E-state index in [-0.39, 0.29) is 30.2 Å². The van der Waals surface area contributed by atoms with Crippen molar-refractivity contribution in [3.63, 3.8) is 0 Å². The molecule has 0 heterocycles. The van der Waals surface area contributed by atoms with E-state index in [1.165, 1.54) is 31.4 Å². The van der Waals surface area contributed by atoms with Crippen molar-refractivity contribution in [2.45, 2.75) is 12.3 Å². The topological polar surface area (TPSA) is 181 Å². The molecule has 2 amide bonds. The zero-order valence-corrected chi connectivity index (χ0v) is 18.7. The lowest BCUT2D eigenvalue weighted by Gasteiger charge is -2.09. The Labute approximate surface area is 191 Å². The summed E-state index contributed by atoms with van der Waals surface area (Å²) in [6.45, 7) is -0.627. The van der Waals surface area contributed by atoms with E-state index >= 15 is 0 Å². The third-order valence-corrected chi connectivity index (χ3v) is 5.68. The Morgan fingerprint density at radius 1 is 0.879 bits per heavy atom. The molecule has 0 fully saturated rings. The molecule has 0 aliphatic rings. The molecule has 2 aromatic carbocycles. The van der Waals surface area contributed by atoms with Crippen molar-refractivity contribution in [3.8, 4) is 0 Å². The molecule has 2 aromatic rings. The Hall–Kier alpha value is -3.77. The molecular formula is C21H25N5O6S. The monoisotopic (exact) mass is 475 g/mol. The van der Waals surface area contributed by atoms with E-state index < -0.39 is 34.4 Å². The standard InChI is InChI=1S/C21H25N5O6S/c1-32-21(29)17-8-4-15(5-9-17)13-33(30,31)26-12-19(28)25-11-18(27)24-10-14-2-6-16(7-3-14)20(22)23/h2-9,26H,10-13H2,1H3,(H3,22,23)(H,24,27)(H,25,28). The number of sulfonamides is 1. The number of methoxy groups -OCH3 is 1. The van der Waals surface area contributed by atoms with Crippen LogP contribution in [0, 0.1) is 5.41 Å². The third-order valence-electron chi connectivity index (χ3n) is 4.39. The van der Waals surface area contributed by atoms with Crippen LogP contribution in [0.15, 0.2) is 48.5 Å². The lowest BCUT2D eigenvalue weighted by Crippen LogP contribution is -2.42. The van der Waals surface area contributed by atoms with Gasteiger partial charge in [-0.3, -0.25) is 15.0 Å². The second kappa shape index (κ2) is 11.7. The number of hydrogen-bond acceptors (Lipinski definition) is 7. The second-order valence-electron chi connectivity index (χ2n) is 6.93. The molecule has 12 heteroatoms. The molecule has 11 nitrogen and oxygen atoms in total. The Kier molecular flexibility index (Phi) is 9.07. The number of amidine groups is 1. The van der Waals surface area contributed by atoms with Gasteiger partial charge in [0.25, 0.3) is 0 Å². The van der Waals surface area contributed by atoms with Crippen molar-refractivity contribution < 1.29 is 27.5 Å². The van der Waals surface area contributed by atoms with Gasteiger partial charge in [0.1, 0.15) is 5.84 Å². The van der Waals surface area contributed by atoms with Gasteiger partial charge in [-0.2, -0.15) is 0 Å². The largest absolute Gasteiger partial charge is 0.465 e. The van der Waals surface area contributed by atoms with Crippen molar-refractivity contribution in [1.82, 2.24) is 15.4 Å². The van der Waals surface area contributed by atoms with Crippen LogP contribution >= 0.6 is 0 Å². The van der Waals surface area contributed by atoms with Crippen LogP contribution in [0.1, 0.15) is 27.0 Å². The maximum atomic E-state index is 12.2. The van der Waals surface area contributed by atoms with Crippen molar-refractivity contribution in [3.05, 3.63) is 70.8 Å². The first-order valence-corrected chi connectivity index (χ1v) is 11.4. The molecule has 0 atom stereocenters. The van der Waals surface area contributed by atoms with Crippen molar-refractivity contribution >= 4 is 33.6 Å². The molecule has 0 aliphatic heterocycles. The summed E-state index contributed by atoms with van der Waals surface area (Å²) in [5.41, 5.74) is 7.44. The van der Waals surface area contributed by atoms with E-state index in [1.54, 1.807) is 24.3 Å². The highest BCUT2D eigenvalue weighted by molar-refractivity contribution is 7.88. The van der Waals surface area contributed by atoms with Gasteiger partial charge >= 0.3 is 5.97 Å². The number of amides is 2. The summed E-state index contributed by atoms with van der Waals surface area (Å²) in [4.78, 5) is 35.2. The minimum absolute atomic E-state index is 0.0552. The van der Waals surface area contributed by atoms with Gasteiger partial charge in [-0.05, 0) is 23.3 Å². The van der Waals surface area contributed by atoms with Crippen molar-refractivity contribution in [1.29, 1.82) is 5.41 Å². The molecule has 0 aliphatic carbocycles. The summed E-state index contributed by atoms with van der Waals surface area (Å²) in [7, 11) is -2.57. The van der Waals surface area contributed by atoms with E-state index in [4.69, 9.17) is 11.1 Å². The maximum absolute atomic E-state index is 12.2. The number of carbonyl (C=O) groups excluding carboxylic acids is 3. The highest BCUT2D eigenvalue weighted by Gasteiger charge is 2.15. The molecule has 176 valence electrons. The normalized spacial score (nSPS) is 10.8. The summed E-state index contributed by atoms with van der Waals surface area (Å²) in [5.74, 6) is -2.09. The molecule has 0 saturated carbocycles. The number of benzene rings is 2. The Bertz CT molecular complexity index is 1110. The minimum Gasteiger partial charge on any atom is -0.465 e. The van der Waals surface area contributed by atoms with Gasteiger partial charge in [-0.1, -0.05) is 36.4 Å². The van der Waals surface area contributed by atoms with Crippen LogP contribution in [-0.4, -0.2) is 52.2 Å². The molecule has 0 bridgehead atoms. The molecule has 33 heavy (non-hydrogen) atoms. The van der Waals surface area contributed by atoms with Gasteiger partial charge in [-0.25, -0.2) is 17.9 Å². The fourth-order valence-corrected chi connectivity index (χ4v) is 3.69. The van der Waals surface area contributed by atoms with Crippen LogP contribution in [0.3, 0.4) is 0 Å². The summed E-state index contributed by atoms with van der Waals surface area (Å²) in [6, 6.07) is 12.6. The van der Waals surface area contributed by atoms with Gasteiger partial charge in [-0.15, -0.1) is 0 Å². The van der Waals surface area contributed by atoms with Gasteiger partial charge in [0.15, 0.2) is 0 Å². The van der Waals surface area contributed by atoms with Crippen LogP contribution in [0.5, 0.6) is 0 Å². The SMILES string of the molecule is COC(=O)c1ccc(CS(=O)(=O)NCC(=O)NCC(=O)NCc2ccc(C(=N)N)cc2)cc1. The first-order chi connectivity index (χ1) is 15.6. The van der Waals surface area contributed by atoms with E-state index in [1.807, 2.05) is 0 Å². The molecular weight excluding hydrogens is 450 g/mol. The lowest BCUT2D eigenvalue weighted by molar-refractivity contribution is -0.125. The number of nitrogens with one attached hydrogen (secondary N) is 4. The first kappa shape index (κ1) is 25.5. The number of esters is 1. The summed E-state index contributed by atoms with van der Waals surface area (Å²) in [6.07, 6.45) is 0. The fourth-order valence-electron chi connectivity index (χ4n) is 2.61. The van der Waals surface area contributed by atoms with Crippen LogP contribution in [0.4, 0.5) is 0 Å². The first-order valence-electron chi connectivity index (χ1n) is 9.71. The number of rotatable bonds is 11. The fraction of sp³-hybridized carbons (Fsp3) is 0.238. The maximum Gasteiger partial charge on any atom is 0.337 e. The third kappa shape index (κ3) is 8.71. The van der Waals surface area contributed by atoms with E-state index in [0.717, 1.165) is 5.56 Å². The van der Waals surface area contributed by atoms with E-state index in [2.05, 4.69) is 20.1 Å². The predicted octanol–water partition coefficient (Wildman–Crippen LogP) is -0.391. The van der Waals surface area contributed by atoms with Crippen LogP contribution < -0.4 is 21.1 Å². The van der Waals surface area contributed by atoms with Gasteiger partial charge in [0.2, 0.25) is 21.8 Å². The predicted molar refractivity (Wildman–Crippen MR) is 121 cm³/mol. The second-order valence-corrected chi connectivity index (χ2v) is 8.74. The van der Waals surface area contributed by atoms with Gasteiger partial charge in [0, 0.05) is 12.1 Å². The van der Waals surface area contributed by atoms with E-state index in [9.17, 15) is 22.8 Å². The number of ether oxygens (including phenoxy) is 1. The minimum atomic E-state index is -3.81. The smallest absolute Gasteiger partial charge is 0.337 e. The number of nitrogens with two attached hydrogens (primary N) is 1. The van der Waals surface area contributed by atoms with Crippen molar-refractivity contribution in [2.24, 2.45) is 5.73 Å². The summed E-state index contributed by atoms with van der Waals surface area (Å²) < 4.78 is 31.1. The van der Waals surface area contributed by atoms with E-state index in [0.29, 0.717) is 11.1 Å². The molecule has 2 rings (SSSR count). The Balaban J connectivity index is 1.72. The Morgan fingerprint density at radius 3 is 2.00 bits per heavy atom.